The van der Waals surface area contributed by atoms with Crippen molar-refractivity contribution in [1.29, 1.82) is 0 Å². The van der Waals surface area contributed by atoms with E-state index in [1.165, 1.54) is 12.8 Å². The molecule has 100 valence electrons. The Bertz CT molecular complexity index is 611. The summed E-state index contributed by atoms with van der Waals surface area (Å²) in [7, 11) is 1.90. The first-order valence-electron chi connectivity index (χ1n) is 6.88. The van der Waals surface area contributed by atoms with Crippen molar-refractivity contribution in [3.05, 3.63) is 35.8 Å². The minimum Gasteiger partial charge on any atom is -0.337 e. The van der Waals surface area contributed by atoms with Crippen LogP contribution in [0.3, 0.4) is 0 Å². The van der Waals surface area contributed by atoms with Crippen molar-refractivity contribution < 1.29 is 4.79 Å². The van der Waals surface area contributed by atoms with Crippen LogP contribution >= 0.6 is 0 Å². The van der Waals surface area contributed by atoms with Gasteiger partial charge in [-0.2, -0.15) is 0 Å². The van der Waals surface area contributed by atoms with Crippen molar-refractivity contribution in [3.63, 3.8) is 0 Å². The molecule has 1 saturated carbocycles. The molecule has 0 radical (unpaired) electrons. The summed E-state index contributed by atoms with van der Waals surface area (Å²) in [6.45, 7) is 2.02. The Balaban J connectivity index is 1.90. The second-order valence-corrected chi connectivity index (χ2v) is 5.38. The maximum atomic E-state index is 12.5. The summed E-state index contributed by atoms with van der Waals surface area (Å²) < 4.78 is 1.97. The number of carbonyl (C=O) groups is 1. The van der Waals surface area contributed by atoms with E-state index in [1.807, 2.05) is 47.7 Å². The van der Waals surface area contributed by atoms with E-state index < -0.39 is 0 Å². The lowest BCUT2D eigenvalue weighted by atomic mass is 10.2. The topological polar surface area (TPSA) is 37.6 Å². The van der Waals surface area contributed by atoms with Crippen LogP contribution in [0.25, 0.3) is 5.65 Å². The molecule has 2 aromatic rings. The molecule has 0 aromatic carbocycles. The second-order valence-electron chi connectivity index (χ2n) is 5.38. The standard InChI is InChI=1S/C15H19N3O/c1-11-6-5-9-14-16-13(10-18(11)14)15(19)17(2)12-7-3-4-8-12/h5-6,9-10,12H,3-4,7-8H2,1-2H3. The summed E-state index contributed by atoms with van der Waals surface area (Å²) in [5.74, 6) is 0.0370. The van der Waals surface area contributed by atoms with Gasteiger partial charge in [0.05, 0.1) is 0 Å². The average molecular weight is 257 g/mol. The normalized spacial score (nSPS) is 16.1. The zero-order valence-corrected chi connectivity index (χ0v) is 11.5. The predicted octanol–water partition coefficient (Wildman–Crippen LogP) is 2.66. The van der Waals surface area contributed by atoms with Gasteiger partial charge in [0.15, 0.2) is 0 Å². The fourth-order valence-corrected chi connectivity index (χ4v) is 2.89. The van der Waals surface area contributed by atoms with Crippen LogP contribution in [0.2, 0.25) is 0 Å². The Morgan fingerprint density at radius 1 is 1.37 bits per heavy atom. The van der Waals surface area contributed by atoms with E-state index >= 15 is 0 Å². The van der Waals surface area contributed by atoms with E-state index in [4.69, 9.17) is 0 Å². The molecule has 3 rings (SSSR count). The molecule has 1 amide bonds. The van der Waals surface area contributed by atoms with Gasteiger partial charge in [-0.05, 0) is 31.9 Å². The first kappa shape index (κ1) is 12.2. The minimum atomic E-state index is 0.0370. The van der Waals surface area contributed by atoms with Crippen molar-refractivity contribution in [1.82, 2.24) is 14.3 Å². The van der Waals surface area contributed by atoms with Crippen molar-refractivity contribution in [2.75, 3.05) is 7.05 Å². The number of nitrogens with zero attached hydrogens (tertiary/aromatic N) is 3. The summed E-state index contributed by atoms with van der Waals surface area (Å²) in [5.41, 5.74) is 2.47. The van der Waals surface area contributed by atoms with Crippen LogP contribution in [0.5, 0.6) is 0 Å². The Morgan fingerprint density at radius 2 is 2.11 bits per heavy atom. The third-order valence-corrected chi connectivity index (χ3v) is 4.11. The zero-order valence-electron chi connectivity index (χ0n) is 11.5. The molecule has 0 aliphatic heterocycles. The predicted molar refractivity (Wildman–Crippen MR) is 74.3 cm³/mol. The number of rotatable bonds is 2. The molecule has 2 heterocycles. The van der Waals surface area contributed by atoms with E-state index in [-0.39, 0.29) is 5.91 Å². The van der Waals surface area contributed by atoms with Gasteiger partial charge in [-0.15, -0.1) is 0 Å². The first-order valence-corrected chi connectivity index (χ1v) is 6.88. The second kappa shape index (κ2) is 4.68. The maximum absolute atomic E-state index is 12.5. The fraction of sp³-hybridized carbons (Fsp3) is 0.467. The highest BCUT2D eigenvalue weighted by Gasteiger charge is 2.25. The monoisotopic (exact) mass is 257 g/mol. The SMILES string of the molecule is Cc1cccc2nc(C(=O)N(C)C3CCCC3)cn12. The molecule has 1 fully saturated rings. The highest BCUT2D eigenvalue weighted by atomic mass is 16.2. The molecule has 0 N–H and O–H groups in total. The summed E-state index contributed by atoms with van der Waals surface area (Å²) >= 11 is 0. The van der Waals surface area contributed by atoms with Crippen LogP contribution in [0.4, 0.5) is 0 Å². The van der Waals surface area contributed by atoms with Crippen molar-refractivity contribution in [2.45, 2.75) is 38.6 Å². The molecular weight excluding hydrogens is 238 g/mol. The number of carbonyl (C=O) groups excluding carboxylic acids is 1. The van der Waals surface area contributed by atoms with Crippen LogP contribution in [0.15, 0.2) is 24.4 Å². The number of hydrogen-bond donors (Lipinski definition) is 0. The zero-order chi connectivity index (χ0) is 13.4. The van der Waals surface area contributed by atoms with E-state index in [0.717, 1.165) is 24.2 Å². The van der Waals surface area contributed by atoms with Crippen LogP contribution in [-0.4, -0.2) is 33.3 Å². The van der Waals surface area contributed by atoms with Crippen molar-refractivity contribution >= 4 is 11.6 Å². The number of fused-ring (bicyclic) bond motifs is 1. The molecule has 0 unspecified atom stereocenters. The van der Waals surface area contributed by atoms with Gasteiger partial charge in [0.1, 0.15) is 11.3 Å². The smallest absolute Gasteiger partial charge is 0.274 e. The maximum Gasteiger partial charge on any atom is 0.274 e. The third kappa shape index (κ3) is 2.11. The van der Waals surface area contributed by atoms with Crippen LogP contribution in [0, 0.1) is 6.92 Å². The lowest BCUT2D eigenvalue weighted by molar-refractivity contribution is 0.0730. The Kier molecular flexibility index (Phi) is 3.01. The van der Waals surface area contributed by atoms with E-state index in [9.17, 15) is 4.79 Å². The fourth-order valence-electron chi connectivity index (χ4n) is 2.89. The molecule has 0 bridgehead atoms. The minimum absolute atomic E-state index is 0.0370. The van der Waals surface area contributed by atoms with Gasteiger partial charge in [0.25, 0.3) is 5.91 Å². The molecule has 0 atom stereocenters. The van der Waals surface area contributed by atoms with E-state index in [1.54, 1.807) is 0 Å². The number of pyridine rings is 1. The molecule has 0 spiro atoms. The Hall–Kier alpha value is -1.84. The lowest BCUT2D eigenvalue weighted by Gasteiger charge is -2.23. The Labute approximate surface area is 113 Å². The van der Waals surface area contributed by atoms with E-state index in [2.05, 4.69) is 4.98 Å². The van der Waals surface area contributed by atoms with Gasteiger partial charge in [-0.3, -0.25) is 4.79 Å². The largest absolute Gasteiger partial charge is 0.337 e. The van der Waals surface area contributed by atoms with E-state index in [0.29, 0.717) is 11.7 Å². The number of aromatic nitrogens is 2. The van der Waals surface area contributed by atoms with Gasteiger partial charge in [0.2, 0.25) is 0 Å². The molecular formula is C15H19N3O. The van der Waals surface area contributed by atoms with Gasteiger partial charge < -0.3 is 9.30 Å². The molecule has 19 heavy (non-hydrogen) atoms. The molecule has 1 aliphatic rings. The van der Waals surface area contributed by atoms with Gasteiger partial charge in [-0.1, -0.05) is 18.9 Å². The summed E-state index contributed by atoms with van der Waals surface area (Å²) in [4.78, 5) is 18.8. The molecule has 0 saturated heterocycles. The molecule has 2 aromatic heterocycles. The van der Waals surface area contributed by atoms with Crippen molar-refractivity contribution in [3.8, 4) is 0 Å². The highest BCUT2D eigenvalue weighted by Crippen LogP contribution is 2.23. The Morgan fingerprint density at radius 3 is 2.79 bits per heavy atom. The van der Waals surface area contributed by atoms with Gasteiger partial charge in [-0.25, -0.2) is 4.98 Å². The summed E-state index contributed by atoms with van der Waals surface area (Å²) in [6, 6.07) is 6.30. The lowest BCUT2D eigenvalue weighted by Crippen LogP contribution is -2.35. The van der Waals surface area contributed by atoms with Crippen LogP contribution < -0.4 is 0 Å². The highest BCUT2D eigenvalue weighted by molar-refractivity contribution is 5.93. The van der Waals surface area contributed by atoms with Crippen LogP contribution in [0.1, 0.15) is 41.9 Å². The summed E-state index contributed by atoms with van der Waals surface area (Å²) in [5, 5.41) is 0. The number of imidazole rings is 1. The third-order valence-electron chi connectivity index (χ3n) is 4.11. The van der Waals surface area contributed by atoms with Crippen LogP contribution in [-0.2, 0) is 0 Å². The molecule has 4 heteroatoms. The first-order chi connectivity index (χ1) is 9.16. The quantitative estimate of drug-likeness (QED) is 0.829. The molecule has 4 nitrogen and oxygen atoms in total. The summed E-state index contributed by atoms with van der Waals surface area (Å²) in [6.07, 6.45) is 6.54. The number of amides is 1. The van der Waals surface area contributed by atoms with Crippen molar-refractivity contribution in [2.24, 2.45) is 0 Å². The van der Waals surface area contributed by atoms with Gasteiger partial charge in [0, 0.05) is 25.0 Å². The van der Waals surface area contributed by atoms with Gasteiger partial charge >= 0.3 is 0 Å². The molecule has 1 aliphatic carbocycles. The average Bonchev–Trinajstić information content (AvgIpc) is 3.06. The number of hydrogen-bond acceptors (Lipinski definition) is 2. The number of aryl methyl sites for hydroxylation is 1.